The molecule has 1 N–H and O–H groups in total. The van der Waals surface area contributed by atoms with Crippen LogP contribution in [0.4, 0.5) is 0 Å². The van der Waals surface area contributed by atoms with Gasteiger partial charge in [-0.05, 0) is 12.3 Å². The first-order valence-electron chi connectivity index (χ1n) is 3.78. The van der Waals surface area contributed by atoms with Gasteiger partial charge in [-0.3, -0.25) is 10.3 Å². The molecule has 1 rings (SSSR count). The summed E-state index contributed by atoms with van der Waals surface area (Å²) < 4.78 is 0. The maximum Gasteiger partial charge on any atom is 0.0911 e. The van der Waals surface area contributed by atoms with E-state index in [-0.39, 0.29) is 0 Å². The first kappa shape index (κ1) is 7.61. The summed E-state index contributed by atoms with van der Waals surface area (Å²) in [7, 11) is 0. The third-order valence-electron chi connectivity index (χ3n) is 1.58. The van der Waals surface area contributed by atoms with E-state index in [1.165, 1.54) is 0 Å². The summed E-state index contributed by atoms with van der Waals surface area (Å²) in [5, 5.41) is 0. The van der Waals surface area contributed by atoms with E-state index in [4.69, 9.17) is 4.84 Å². The van der Waals surface area contributed by atoms with Crippen LogP contribution in [0.15, 0.2) is 12.3 Å². The number of nitrogens with one attached hydrogen (secondary N) is 1. The van der Waals surface area contributed by atoms with Gasteiger partial charge in [0.2, 0.25) is 0 Å². The minimum absolute atomic E-state index is 0.354. The van der Waals surface area contributed by atoms with Gasteiger partial charge in [0.1, 0.15) is 0 Å². The summed E-state index contributed by atoms with van der Waals surface area (Å²) in [5.74, 6) is 0.706. The summed E-state index contributed by atoms with van der Waals surface area (Å²) in [4.78, 5) is 5.23. The van der Waals surface area contributed by atoms with Crippen molar-refractivity contribution in [3.05, 3.63) is 12.3 Å². The SMILES string of the molecule is C=C1CC(CC(C)C)ON1. The second-order valence-corrected chi connectivity index (χ2v) is 3.28. The van der Waals surface area contributed by atoms with Crippen molar-refractivity contribution in [1.82, 2.24) is 5.48 Å². The molecule has 1 atom stereocenters. The van der Waals surface area contributed by atoms with Gasteiger partial charge in [0, 0.05) is 12.1 Å². The van der Waals surface area contributed by atoms with Crippen LogP contribution in [0.3, 0.4) is 0 Å². The predicted molar refractivity (Wildman–Crippen MR) is 41.2 cm³/mol. The molecular formula is C8H15NO. The summed E-state index contributed by atoms with van der Waals surface area (Å²) >= 11 is 0. The van der Waals surface area contributed by atoms with Gasteiger partial charge in [-0.15, -0.1) is 0 Å². The average Bonchev–Trinajstić information content (AvgIpc) is 2.13. The molecular weight excluding hydrogens is 126 g/mol. The van der Waals surface area contributed by atoms with Crippen molar-refractivity contribution in [1.29, 1.82) is 0 Å². The van der Waals surface area contributed by atoms with Crippen molar-refractivity contribution in [2.24, 2.45) is 5.92 Å². The van der Waals surface area contributed by atoms with Crippen molar-refractivity contribution in [2.75, 3.05) is 0 Å². The van der Waals surface area contributed by atoms with Crippen molar-refractivity contribution in [2.45, 2.75) is 32.8 Å². The minimum Gasteiger partial charge on any atom is -0.273 e. The van der Waals surface area contributed by atoms with E-state index in [1.54, 1.807) is 0 Å². The molecule has 0 bridgehead atoms. The summed E-state index contributed by atoms with van der Waals surface area (Å²) in [6.07, 6.45) is 2.44. The second-order valence-electron chi connectivity index (χ2n) is 3.28. The fourth-order valence-corrected chi connectivity index (χ4v) is 1.18. The van der Waals surface area contributed by atoms with Crippen molar-refractivity contribution < 1.29 is 4.84 Å². The van der Waals surface area contributed by atoms with Gasteiger partial charge in [0.15, 0.2) is 0 Å². The lowest BCUT2D eigenvalue weighted by atomic mass is 10.0. The van der Waals surface area contributed by atoms with Crippen LogP contribution in [0.2, 0.25) is 0 Å². The molecule has 0 radical (unpaired) electrons. The van der Waals surface area contributed by atoms with Gasteiger partial charge in [-0.25, -0.2) is 0 Å². The Labute approximate surface area is 62.2 Å². The van der Waals surface area contributed by atoms with Crippen LogP contribution in [0.1, 0.15) is 26.7 Å². The van der Waals surface area contributed by atoms with Crippen LogP contribution in [-0.2, 0) is 4.84 Å². The van der Waals surface area contributed by atoms with Crippen LogP contribution < -0.4 is 5.48 Å². The van der Waals surface area contributed by atoms with Crippen molar-refractivity contribution in [3.8, 4) is 0 Å². The van der Waals surface area contributed by atoms with Gasteiger partial charge in [0.05, 0.1) is 6.10 Å². The highest BCUT2D eigenvalue weighted by Gasteiger charge is 2.19. The highest BCUT2D eigenvalue weighted by Crippen LogP contribution is 2.18. The molecule has 1 saturated heterocycles. The van der Waals surface area contributed by atoms with Crippen LogP contribution in [0.5, 0.6) is 0 Å². The van der Waals surface area contributed by atoms with E-state index in [9.17, 15) is 0 Å². The number of hydrogen-bond donors (Lipinski definition) is 1. The summed E-state index contributed by atoms with van der Waals surface area (Å²) in [5.41, 5.74) is 3.79. The lowest BCUT2D eigenvalue weighted by Crippen LogP contribution is -2.11. The number of rotatable bonds is 2. The monoisotopic (exact) mass is 141 g/mol. The molecule has 1 aliphatic rings. The largest absolute Gasteiger partial charge is 0.273 e. The van der Waals surface area contributed by atoms with E-state index >= 15 is 0 Å². The molecule has 0 aliphatic carbocycles. The minimum atomic E-state index is 0.354. The molecule has 1 heterocycles. The Balaban J connectivity index is 2.24. The molecule has 2 nitrogen and oxygen atoms in total. The zero-order chi connectivity index (χ0) is 7.56. The molecule has 0 spiro atoms. The van der Waals surface area contributed by atoms with Gasteiger partial charge in [0.25, 0.3) is 0 Å². The Bertz CT molecular complexity index is 131. The second kappa shape index (κ2) is 3.06. The lowest BCUT2D eigenvalue weighted by molar-refractivity contribution is 0.0279. The van der Waals surface area contributed by atoms with E-state index in [0.717, 1.165) is 18.5 Å². The zero-order valence-corrected chi connectivity index (χ0v) is 6.68. The Morgan fingerprint density at radius 2 is 2.50 bits per heavy atom. The van der Waals surface area contributed by atoms with Crippen molar-refractivity contribution in [3.63, 3.8) is 0 Å². The quantitative estimate of drug-likeness (QED) is 0.633. The molecule has 0 saturated carbocycles. The van der Waals surface area contributed by atoms with E-state index in [1.807, 2.05) is 0 Å². The van der Waals surface area contributed by atoms with Crippen molar-refractivity contribution >= 4 is 0 Å². The molecule has 2 heteroatoms. The first-order valence-corrected chi connectivity index (χ1v) is 3.78. The molecule has 58 valence electrons. The molecule has 0 amide bonds. The maximum absolute atomic E-state index is 5.23. The third kappa shape index (κ3) is 2.03. The lowest BCUT2D eigenvalue weighted by Gasteiger charge is -2.08. The molecule has 1 unspecified atom stereocenters. The van der Waals surface area contributed by atoms with Crippen LogP contribution in [0, 0.1) is 5.92 Å². The first-order chi connectivity index (χ1) is 4.68. The molecule has 0 aromatic carbocycles. The van der Waals surface area contributed by atoms with Crippen LogP contribution in [0.25, 0.3) is 0 Å². The normalized spacial score (nSPS) is 25.5. The zero-order valence-electron chi connectivity index (χ0n) is 6.68. The predicted octanol–water partition coefficient (Wildman–Crippen LogP) is 1.84. The Kier molecular flexibility index (Phi) is 2.33. The fourth-order valence-electron chi connectivity index (χ4n) is 1.18. The van der Waals surface area contributed by atoms with Gasteiger partial charge in [-0.2, -0.15) is 0 Å². The Morgan fingerprint density at radius 1 is 1.80 bits per heavy atom. The van der Waals surface area contributed by atoms with E-state index in [0.29, 0.717) is 12.0 Å². The topological polar surface area (TPSA) is 21.3 Å². The number of hydrogen-bond acceptors (Lipinski definition) is 2. The summed E-state index contributed by atoms with van der Waals surface area (Å²) in [6.45, 7) is 8.17. The Hall–Kier alpha value is -0.500. The Morgan fingerprint density at radius 3 is 2.90 bits per heavy atom. The molecule has 1 aliphatic heterocycles. The third-order valence-corrected chi connectivity index (χ3v) is 1.58. The maximum atomic E-state index is 5.23. The van der Waals surface area contributed by atoms with Gasteiger partial charge in [-0.1, -0.05) is 20.4 Å². The van der Waals surface area contributed by atoms with Gasteiger partial charge >= 0.3 is 0 Å². The molecule has 1 fully saturated rings. The molecule has 10 heavy (non-hydrogen) atoms. The smallest absolute Gasteiger partial charge is 0.0911 e. The van der Waals surface area contributed by atoms with Crippen LogP contribution >= 0.6 is 0 Å². The van der Waals surface area contributed by atoms with E-state index < -0.39 is 0 Å². The highest BCUT2D eigenvalue weighted by atomic mass is 16.7. The van der Waals surface area contributed by atoms with Gasteiger partial charge < -0.3 is 0 Å². The number of hydroxylamine groups is 1. The average molecular weight is 141 g/mol. The fraction of sp³-hybridized carbons (Fsp3) is 0.750. The van der Waals surface area contributed by atoms with E-state index in [2.05, 4.69) is 25.9 Å². The summed E-state index contributed by atoms with van der Waals surface area (Å²) in [6, 6.07) is 0. The molecule has 0 aromatic rings. The standard InChI is InChI=1S/C8H15NO/c1-6(2)4-8-5-7(3)9-10-8/h6,8-9H,3-5H2,1-2H3. The highest BCUT2D eigenvalue weighted by molar-refractivity contribution is 4.95. The van der Waals surface area contributed by atoms with Crippen LogP contribution in [-0.4, -0.2) is 6.10 Å². The molecule has 0 aromatic heterocycles.